The van der Waals surface area contributed by atoms with Crippen LogP contribution in [0.5, 0.6) is 0 Å². The zero-order valence-electron chi connectivity index (χ0n) is 11.2. The Kier molecular flexibility index (Phi) is 4.96. The van der Waals surface area contributed by atoms with Crippen molar-refractivity contribution in [3.8, 4) is 0 Å². The molecule has 1 aliphatic heterocycles. The molecule has 1 atom stereocenters. The van der Waals surface area contributed by atoms with E-state index in [4.69, 9.17) is 4.74 Å². The molecule has 0 N–H and O–H groups in total. The van der Waals surface area contributed by atoms with Crippen LogP contribution in [0, 0.1) is 0 Å². The molecule has 112 valence electrons. The molecule has 1 fully saturated rings. The standard InChI is InChI=1S/C14H17BrF3NO/c1-10-9-19(5-2-6-20-10)13-4-3-11(8-15)7-12(13)14(16,17)18/h3-4,7,10H,2,5-6,8-9H2,1H3. The first-order chi connectivity index (χ1) is 9.41. The van der Waals surface area contributed by atoms with Gasteiger partial charge in [0.2, 0.25) is 0 Å². The molecule has 2 nitrogen and oxygen atoms in total. The van der Waals surface area contributed by atoms with Crippen molar-refractivity contribution in [2.75, 3.05) is 24.6 Å². The molecule has 1 aliphatic rings. The molecule has 0 bridgehead atoms. The van der Waals surface area contributed by atoms with Gasteiger partial charge in [0.15, 0.2) is 0 Å². The maximum Gasteiger partial charge on any atom is 0.418 e. The minimum atomic E-state index is -4.34. The first-order valence-electron chi connectivity index (χ1n) is 6.54. The van der Waals surface area contributed by atoms with Gasteiger partial charge in [-0.15, -0.1) is 0 Å². The SMILES string of the molecule is CC1CN(c2ccc(CBr)cc2C(F)(F)F)CCCO1. The normalized spacial score (nSPS) is 20.9. The largest absolute Gasteiger partial charge is 0.418 e. The Morgan fingerprint density at radius 2 is 2.15 bits per heavy atom. The Balaban J connectivity index is 2.39. The summed E-state index contributed by atoms with van der Waals surface area (Å²) in [5, 5.41) is 0.413. The van der Waals surface area contributed by atoms with Gasteiger partial charge in [-0.05, 0) is 31.0 Å². The van der Waals surface area contributed by atoms with Crippen molar-refractivity contribution >= 4 is 21.6 Å². The summed E-state index contributed by atoms with van der Waals surface area (Å²) < 4.78 is 45.2. The second-order valence-corrected chi connectivity index (χ2v) is 5.52. The smallest absolute Gasteiger partial charge is 0.377 e. The predicted molar refractivity (Wildman–Crippen MR) is 76.3 cm³/mol. The van der Waals surface area contributed by atoms with Crippen molar-refractivity contribution in [1.29, 1.82) is 0 Å². The predicted octanol–water partition coefficient (Wildman–Crippen LogP) is 4.22. The topological polar surface area (TPSA) is 12.5 Å². The van der Waals surface area contributed by atoms with Crippen molar-refractivity contribution in [3.05, 3.63) is 29.3 Å². The average molecular weight is 352 g/mol. The molecule has 1 aromatic rings. The third kappa shape index (κ3) is 3.67. The van der Waals surface area contributed by atoms with Crippen molar-refractivity contribution in [2.24, 2.45) is 0 Å². The minimum absolute atomic E-state index is 0.0607. The average Bonchev–Trinajstić information content (AvgIpc) is 2.61. The van der Waals surface area contributed by atoms with Gasteiger partial charge < -0.3 is 9.64 Å². The van der Waals surface area contributed by atoms with E-state index in [0.29, 0.717) is 30.6 Å². The number of alkyl halides is 4. The zero-order chi connectivity index (χ0) is 14.8. The van der Waals surface area contributed by atoms with E-state index in [1.165, 1.54) is 6.07 Å². The maximum absolute atomic E-state index is 13.2. The molecular formula is C14H17BrF3NO. The van der Waals surface area contributed by atoms with Crippen LogP contribution in [0.2, 0.25) is 0 Å². The highest BCUT2D eigenvalue weighted by Gasteiger charge is 2.35. The fourth-order valence-electron chi connectivity index (χ4n) is 2.38. The molecule has 0 aliphatic carbocycles. The van der Waals surface area contributed by atoms with E-state index in [1.54, 1.807) is 17.0 Å². The van der Waals surface area contributed by atoms with Gasteiger partial charge in [-0.2, -0.15) is 13.2 Å². The molecular weight excluding hydrogens is 335 g/mol. The molecule has 0 aromatic heterocycles. The Morgan fingerprint density at radius 3 is 2.80 bits per heavy atom. The third-order valence-electron chi connectivity index (χ3n) is 3.31. The molecule has 1 aromatic carbocycles. The number of nitrogens with zero attached hydrogens (tertiary/aromatic N) is 1. The van der Waals surface area contributed by atoms with Crippen LogP contribution in [0.4, 0.5) is 18.9 Å². The Morgan fingerprint density at radius 1 is 1.40 bits per heavy atom. The summed E-state index contributed by atoms with van der Waals surface area (Å²) in [6.45, 7) is 3.55. The fourth-order valence-corrected chi connectivity index (χ4v) is 2.73. The van der Waals surface area contributed by atoms with Gasteiger partial charge in [-0.25, -0.2) is 0 Å². The van der Waals surface area contributed by atoms with Gasteiger partial charge in [-0.3, -0.25) is 0 Å². The summed E-state index contributed by atoms with van der Waals surface area (Å²) in [6.07, 6.45) is -3.67. The van der Waals surface area contributed by atoms with E-state index in [-0.39, 0.29) is 11.8 Å². The van der Waals surface area contributed by atoms with E-state index in [1.807, 2.05) is 6.92 Å². The lowest BCUT2D eigenvalue weighted by Gasteiger charge is -2.27. The molecule has 0 radical (unpaired) electrons. The quantitative estimate of drug-likeness (QED) is 0.740. The van der Waals surface area contributed by atoms with Crippen molar-refractivity contribution in [2.45, 2.75) is 31.0 Å². The summed E-state index contributed by atoms with van der Waals surface area (Å²) in [4.78, 5) is 1.78. The van der Waals surface area contributed by atoms with Gasteiger partial charge >= 0.3 is 6.18 Å². The van der Waals surface area contributed by atoms with Gasteiger partial charge in [0.05, 0.1) is 11.7 Å². The number of rotatable bonds is 2. The summed E-state index contributed by atoms with van der Waals surface area (Å²) in [7, 11) is 0. The lowest BCUT2D eigenvalue weighted by molar-refractivity contribution is -0.137. The number of ether oxygens (including phenoxy) is 1. The van der Waals surface area contributed by atoms with Crippen LogP contribution >= 0.6 is 15.9 Å². The van der Waals surface area contributed by atoms with Crippen LogP contribution in [-0.2, 0) is 16.2 Å². The molecule has 1 heterocycles. The summed E-state index contributed by atoms with van der Waals surface area (Å²) in [5.41, 5.74) is 0.309. The molecule has 1 unspecified atom stereocenters. The number of hydrogen-bond donors (Lipinski definition) is 0. The summed E-state index contributed by atoms with van der Waals surface area (Å²) in [5.74, 6) is 0. The minimum Gasteiger partial charge on any atom is -0.377 e. The molecule has 2 rings (SSSR count). The zero-order valence-corrected chi connectivity index (χ0v) is 12.8. The van der Waals surface area contributed by atoms with Crippen LogP contribution in [0.25, 0.3) is 0 Å². The first kappa shape index (κ1) is 15.6. The molecule has 1 saturated heterocycles. The second-order valence-electron chi connectivity index (χ2n) is 4.96. The molecule has 0 amide bonds. The lowest BCUT2D eigenvalue weighted by Crippen LogP contribution is -2.31. The second kappa shape index (κ2) is 6.35. The highest BCUT2D eigenvalue weighted by Crippen LogP contribution is 2.38. The van der Waals surface area contributed by atoms with Gasteiger partial charge in [-0.1, -0.05) is 22.0 Å². The first-order valence-corrected chi connectivity index (χ1v) is 7.66. The van der Waals surface area contributed by atoms with E-state index in [9.17, 15) is 13.2 Å². The number of anilines is 1. The van der Waals surface area contributed by atoms with Crippen molar-refractivity contribution in [1.82, 2.24) is 0 Å². The van der Waals surface area contributed by atoms with E-state index in [0.717, 1.165) is 6.42 Å². The molecule has 6 heteroatoms. The molecule has 0 spiro atoms. The van der Waals surface area contributed by atoms with Crippen LogP contribution in [-0.4, -0.2) is 25.8 Å². The highest BCUT2D eigenvalue weighted by molar-refractivity contribution is 9.08. The Hall–Kier alpha value is -0.750. The highest BCUT2D eigenvalue weighted by atomic mass is 79.9. The number of hydrogen-bond acceptors (Lipinski definition) is 2. The Labute approximate surface area is 125 Å². The van der Waals surface area contributed by atoms with Crippen LogP contribution in [0.15, 0.2) is 18.2 Å². The van der Waals surface area contributed by atoms with Crippen molar-refractivity contribution < 1.29 is 17.9 Å². The molecule has 0 saturated carbocycles. The maximum atomic E-state index is 13.2. The van der Waals surface area contributed by atoms with E-state index in [2.05, 4.69) is 15.9 Å². The summed E-state index contributed by atoms with van der Waals surface area (Å²) >= 11 is 3.20. The van der Waals surface area contributed by atoms with Crippen LogP contribution in [0.3, 0.4) is 0 Å². The summed E-state index contributed by atoms with van der Waals surface area (Å²) in [6, 6.07) is 4.52. The van der Waals surface area contributed by atoms with Crippen LogP contribution in [0.1, 0.15) is 24.5 Å². The monoisotopic (exact) mass is 351 g/mol. The van der Waals surface area contributed by atoms with Gasteiger partial charge in [0.1, 0.15) is 0 Å². The Bertz CT molecular complexity index is 464. The van der Waals surface area contributed by atoms with Crippen molar-refractivity contribution in [3.63, 3.8) is 0 Å². The van der Waals surface area contributed by atoms with E-state index >= 15 is 0 Å². The van der Waals surface area contributed by atoms with Gasteiger partial charge in [0.25, 0.3) is 0 Å². The number of benzene rings is 1. The van der Waals surface area contributed by atoms with E-state index < -0.39 is 11.7 Å². The van der Waals surface area contributed by atoms with Crippen LogP contribution < -0.4 is 4.90 Å². The fraction of sp³-hybridized carbons (Fsp3) is 0.571. The van der Waals surface area contributed by atoms with Gasteiger partial charge in [0, 0.05) is 30.7 Å². The molecule has 20 heavy (non-hydrogen) atoms. The third-order valence-corrected chi connectivity index (χ3v) is 3.96. The lowest BCUT2D eigenvalue weighted by atomic mass is 10.1. The number of halogens is 4.